The van der Waals surface area contributed by atoms with Gasteiger partial charge in [-0.05, 0) is 33.0 Å². The fraction of sp³-hybridized carbons (Fsp3) is 0.778. The molecule has 5 heteroatoms. The van der Waals surface area contributed by atoms with Crippen molar-refractivity contribution < 1.29 is 9.59 Å². The molecule has 0 aromatic rings. The molecule has 14 heavy (non-hydrogen) atoms. The van der Waals surface area contributed by atoms with Gasteiger partial charge in [0.1, 0.15) is 0 Å². The van der Waals surface area contributed by atoms with E-state index in [2.05, 4.69) is 4.90 Å². The molecule has 0 bridgehead atoms. The topological polar surface area (TPSA) is 89.4 Å². The van der Waals surface area contributed by atoms with Gasteiger partial charge in [0.2, 0.25) is 11.8 Å². The number of hydrogen-bond acceptors (Lipinski definition) is 3. The highest BCUT2D eigenvalue weighted by Gasteiger charge is 2.01. The zero-order valence-electron chi connectivity index (χ0n) is 8.66. The summed E-state index contributed by atoms with van der Waals surface area (Å²) in [6, 6.07) is 0. The van der Waals surface area contributed by atoms with Crippen molar-refractivity contribution in [2.45, 2.75) is 25.7 Å². The van der Waals surface area contributed by atoms with E-state index in [9.17, 15) is 9.59 Å². The summed E-state index contributed by atoms with van der Waals surface area (Å²) in [5, 5.41) is 0. The van der Waals surface area contributed by atoms with Crippen LogP contribution in [0.2, 0.25) is 0 Å². The first-order valence-corrected chi connectivity index (χ1v) is 4.77. The number of carbonyl (C=O) groups excluding carboxylic acids is 2. The number of primary amides is 2. The van der Waals surface area contributed by atoms with Crippen LogP contribution in [0.1, 0.15) is 25.7 Å². The Bertz CT molecular complexity index is 174. The van der Waals surface area contributed by atoms with Crippen LogP contribution in [0.4, 0.5) is 0 Å². The summed E-state index contributed by atoms with van der Waals surface area (Å²) < 4.78 is 0. The third-order valence-corrected chi connectivity index (χ3v) is 1.93. The molecule has 0 saturated heterocycles. The Morgan fingerprint density at radius 1 is 1.00 bits per heavy atom. The maximum atomic E-state index is 10.4. The van der Waals surface area contributed by atoms with E-state index in [0.717, 1.165) is 25.9 Å². The molecule has 5 nitrogen and oxygen atoms in total. The van der Waals surface area contributed by atoms with Gasteiger partial charge in [0, 0.05) is 12.8 Å². The lowest BCUT2D eigenvalue weighted by Crippen LogP contribution is -2.23. The highest BCUT2D eigenvalue weighted by molar-refractivity contribution is 5.73. The van der Waals surface area contributed by atoms with Crippen LogP contribution in [-0.2, 0) is 9.59 Å². The summed E-state index contributed by atoms with van der Waals surface area (Å²) >= 11 is 0. The van der Waals surface area contributed by atoms with Crippen LogP contribution < -0.4 is 11.5 Å². The average molecular weight is 201 g/mol. The largest absolute Gasteiger partial charge is 0.370 e. The van der Waals surface area contributed by atoms with E-state index >= 15 is 0 Å². The van der Waals surface area contributed by atoms with Crippen molar-refractivity contribution in [2.24, 2.45) is 11.5 Å². The van der Waals surface area contributed by atoms with E-state index in [1.54, 1.807) is 0 Å². The molecule has 0 aliphatic carbocycles. The zero-order chi connectivity index (χ0) is 11.0. The molecule has 0 heterocycles. The van der Waals surface area contributed by atoms with Gasteiger partial charge in [-0.3, -0.25) is 9.59 Å². The molecule has 0 saturated carbocycles. The van der Waals surface area contributed by atoms with Crippen LogP contribution in [0.5, 0.6) is 0 Å². The zero-order valence-corrected chi connectivity index (χ0v) is 8.66. The first-order valence-electron chi connectivity index (χ1n) is 4.77. The molecule has 0 aliphatic heterocycles. The Kier molecular flexibility index (Phi) is 6.74. The number of nitrogens with zero attached hydrogens (tertiary/aromatic N) is 1. The summed E-state index contributed by atoms with van der Waals surface area (Å²) in [6.07, 6.45) is 2.37. The van der Waals surface area contributed by atoms with Crippen molar-refractivity contribution in [3.8, 4) is 0 Å². The van der Waals surface area contributed by atoms with E-state index in [1.165, 1.54) is 0 Å². The molecule has 0 atom stereocenters. The van der Waals surface area contributed by atoms with Gasteiger partial charge in [-0.2, -0.15) is 0 Å². The van der Waals surface area contributed by atoms with Crippen LogP contribution in [-0.4, -0.2) is 36.9 Å². The smallest absolute Gasteiger partial charge is 0.217 e. The molecule has 0 aromatic heterocycles. The first kappa shape index (κ1) is 12.9. The fourth-order valence-corrected chi connectivity index (χ4v) is 1.16. The molecule has 82 valence electrons. The van der Waals surface area contributed by atoms with Gasteiger partial charge in [0.05, 0.1) is 0 Å². The number of rotatable bonds is 8. The van der Waals surface area contributed by atoms with E-state index in [0.29, 0.717) is 12.8 Å². The summed E-state index contributed by atoms with van der Waals surface area (Å²) in [7, 11) is 1.95. The Morgan fingerprint density at radius 2 is 1.36 bits per heavy atom. The predicted molar refractivity (Wildman–Crippen MR) is 54.4 cm³/mol. The van der Waals surface area contributed by atoms with E-state index < -0.39 is 0 Å². The second kappa shape index (κ2) is 7.32. The quantitative estimate of drug-likeness (QED) is 0.552. The van der Waals surface area contributed by atoms with Crippen LogP contribution in [0.25, 0.3) is 0 Å². The SMILES string of the molecule is CN(CCCC(N)=O)CCCC(N)=O. The maximum absolute atomic E-state index is 10.4. The molecule has 0 unspecified atom stereocenters. The number of nitrogens with two attached hydrogens (primary N) is 2. The summed E-state index contributed by atoms with van der Waals surface area (Å²) in [5.74, 6) is -0.536. The van der Waals surface area contributed by atoms with Crippen molar-refractivity contribution in [3.63, 3.8) is 0 Å². The van der Waals surface area contributed by atoms with Crippen molar-refractivity contribution >= 4 is 11.8 Å². The second-order valence-corrected chi connectivity index (χ2v) is 3.44. The highest BCUT2D eigenvalue weighted by Crippen LogP contribution is 1.95. The molecular formula is C9H19N3O2. The Morgan fingerprint density at radius 3 is 1.64 bits per heavy atom. The molecule has 2 amide bonds. The summed E-state index contributed by atoms with van der Waals surface area (Å²) in [6.45, 7) is 1.64. The van der Waals surface area contributed by atoms with Crippen molar-refractivity contribution in [1.82, 2.24) is 4.90 Å². The minimum atomic E-state index is -0.268. The van der Waals surface area contributed by atoms with Gasteiger partial charge in [-0.1, -0.05) is 0 Å². The molecule has 4 N–H and O–H groups in total. The molecule has 0 rings (SSSR count). The lowest BCUT2D eigenvalue weighted by Gasteiger charge is -2.15. The monoisotopic (exact) mass is 201 g/mol. The first-order chi connectivity index (χ1) is 6.52. The number of hydrogen-bond donors (Lipinski definition) is 2. The van der Waals surface area contributed by atoms with Crippen molar-refractivity contribution in [1.29, 1.82) is 0 Å². The normalized spacial score (nSPS) is 10.4. The van der Waals surface area contributed by atoms with Crippen LogP contribution in [0.15, 0.2) is 0 Å². The van der Waals surface area contributed by atoms with Crippen molar-refractivity contribution in [3.05, 3.63) is 0 Å². The third-order valence-electron chi connectivity index (χ3n) is 1.93. The van der Waals surface area contributed by atoms with Crippen LogP contribution in [0.3, 0.4) is 0 Å². The average Bonchev–Trinajstić information content (AvgIpc) is 2.02. The van der Waals surface area contributed by atoms with Gasteiger partial charge in [0.15, 0.2) is 0 Å². The Labute approximate surface area is 84.4 Å². The van der Waals surface area contributed by atoms with E-state index in [1.807, 2.05) is 7.05 Å². The Balaban J connectivity index is 3.32. The van der Waals surface area contributed by atoms with Gasteiger partial charge in [0.25, 0.3) is 0 Å². The predicted octanol–water partition coefficient (Wildman–Crippen LogP) is -0.551. The van der Waals surface area contributed by atoms with Gasteiger partial charge in [-0.15, -0.1) is 0 Å². The Hall–Kier alpha value is -1.10. The van der Waals surface area contributed by atoms with Crippen LogP contribution in [0, 0.1) is 0 Å². The maximum Gasteiger partial charge on any atom is 0.217 e. The lowest BCUT2D eigenvalue weighted by molar-refractivity contribution is -0.118. The van der Waals surface area contributed by atoms with E-state index in [-0.39, 0.29) is 11.8 Å². The minimum absolute atomic E-state index is 0.268. The second-order valence-electron chi connectivity index (χ2n) is 3.44. The molecular weight excluding hydrogens is 182 g/mol. The van der Waals surface area contributed by atoms with Crippen LogP contribution >= 0.6 is 0 Å². The number of carbonyl (C=O) groups is 2. The molecule has 0 spiro atoms. The number of amides is 2. The molecule has 0 fully saturated rings. The van der Waals surface area contributed by atoms with Gasteiger partial charge >= 0.3 is 0 Å². The molecule has 0 radical (unpaired) electrons. The summed E-state index contributed by atoms with van der Waals surface area (Å²) in [5.41, 5.74) is 10.00. The van der Waals surface area contributed by atoms with Crippen molar-refractivity contribution in [2.75, 3.05) is 20.1 Å². The minimum Gasteiger partial charge on any atom is -0.370 e. The standard InChI is InChI=1S/C9H19N3O2/c1-12(6-2-4-8(10)13)7-3-5-9(11)14/h2-7H2,1H3,(H2,10,13)(H2,11,14). The molecule has 0 aromatic carbocycles. The third kappa shape index (κ3) is 8.99. The highest BCUT2D eigenvalue weighted by atomic mass is 16.1. The summed E-state index contributed by atoms with van der Waals surface area (Å²) in [4.78, 5) is 22.9. The lowest BCUT2D eigenvalue weighted by atomic mass is 10.2. The van der Waals surface area contributed by atoms with Gasteiger partial charge in [-0.25, -0.2) is 0 Å². The van der Waals surface area contributed by atoms with E-state index in [4.69, 9.17) is 11.5 Å². The molecule has 0 aliphatic rings. The van der Waals surface area contributed by atoms with Gasteiger partial charge < -0.3 is 16.4 Å². The fourth-order valence-electron chi connectivity index (χ4n) is 1.16.